The predicted octanol–water partition coefficient (Wildman–Crippen LogP) is 2.86. The molecule has 7 heteroatoms. The first kappa shape index (κ1) is 16.7. The zero-order valence-electron chi connectivity index (χ0n) is 11.4. The Balaban J connectivity index is 3.13. The molecule has 0 bridgehead atoms. The molecule has 0 heterocycles. The lowest BCUT2D eigenvalue weighted by atomic mass is 9.94. The molecule has 0 saturated heterocycles. The number of nitro benzene ring substituents is 1. The number of benzene rings is 1. The van der Waals surface area contributed by atoms with Crippen LogP contribution in [0, 0.1) is 30.9 Å². The molecule has 0 aliphatic rings. The van der Waals surface area contributed by atoms with E-state index in [9.17, 15) is 15.2 Å². The van der Waals surface area contributed by atoms with Gasteiger partial charge in [-0.15, -0.1) is 0 Å². The molecule has 0 amide bonds. The van der Waals surface area contributed by atoms with Crippen molar-refractivity contribution in [2.45, 2.75) is 26.4 Å². The summed E-state index contributed by atoms with van der Waals surface area (Å²) in [5.74, 6) is 0.0214. The molecule has 6 nitrogen and oxygen atoms in total. The maximum Gasteiger partial charge on any atom is 0.313 e. The molecule has 20 heavy (non-hydrogen) atoms. The Kier molecular flexibility index (Phi) is 5.30. The first-order valence-electron chi connectivity index (χ1n) is 5.92. The Morgan fingerprint density at radius 1 is 1.60 bits per heavy atom. The molecule has 1 aromatic carbocycles. The van der Waals surface area contributed by atoms with Gasteiger partial charge in [0, 0.05) is 6.07 Å². The minimum atomic E-state index is -1.09. The Labute approximate surface area is 130 Å². The molecule has 108 valence electrons. The first-order valence-corrected chi connectivity index (χ1v) is 7.00. The summed E-state index contributed by atoms with van der Waals surface area (Å²) in [4.78, 5) is 10.5. The minimum absolute atomic E-state index is 0.0578. The van der Waals surface area contributed by atoms with Gasteiger partial charge in [-0.05, 0) is 41.5 Å². The van der Waals surface area contributed by atoms with Crippen LogP contribution in [0.3, 0.4) is 0 Å². The standard InChI is InChI=1S/C13H15IN2O4/c1-8(2)13(3,17)7-20-12-10(14)4-9(6-15)5-11(12)16(18)19/h4-5,8,17H,7H2,1-3H3. The van der Waals surface area contributed by atoms with Crippen molar-refractivity contribution in [3.05, 3.63) is 31.4 Å². The van der Waals surface area contributed by atoms with Gasteiger partial charge in [-0.1, -0.05) is 13.8 Å². The van der Waals surface area contributed by atoms with Crippen LogP contribution in [0.1, 0.15) is 26.3 Å². The van der Waals surface area contributed by atoms with Gasteiger partial charge in [-0.25, -0.2) is 0 Å². The zero-order chi connectivity index (χ0) is 15.5. The lowest BCUT2D eigenvalue weighted by Gasteiger charge is -2.27. The highest BCUT2D eigenvalue weighted by molar-refractivity contribution is 14.1. The van der Waals surface area contributed by atoms with Crippen LogP contribution in [0.25, 0.3) is 0 Å². The maximum absolute atomic E-state index is 11.1. The molecule has 0 aromatic heterocycles. The Morgan fingerprint density at radius 2 is 2.20 bits per heavy atom. The molecule has 1 atom stereocenters. The van der Waals surface area contributed by atoms with Gasteiger partial charge in [0.1, 0.15) is 6.61 Å². The zero-order valence-corrected chi connectivity index (χ0v) is 13.5. The highest BCUT2D eigenvalue weighted by Gasteiger charge is 2.28. The van der Waals surface area contributed by atoms with E-state index in [0.717, 1.165) is 0 Å². The summed E-state index contributed by atoms with van der Waals surface area (Å²) in [5, 5.41) is 30.0. The summed E-state index contributed by atoms with van der Waals surface area (Å²) in [6.07, 6.45) is 0. The highest BCUT2D eigenvalue weighted by Crippen LogP contribution is 2.34. The van der Waals surface area contributed by atoms with Crippen molar-refractivity contribution in [3.63, 3.8) is 0 Å². The number of nitriles is 1. The number of aliphatic hydroxyl groups is 1. The van der Waals surface area contributed by atoms with Gasteiger partial charge < -0.3 is 9.84 Å². The normalized spacial score (nSPS) is 13.7. The fourth-order valence-corrected chi connectivity index (χ4v) is 2.07. The van der Waals surface area contributed by atoms with E-state index in [2.05, 4.69) is 0 Å². The van der Waals surface area contributed by atoms with Gasteiger partial charge in [0.25, 0.3) is 0 Å². The predicted molar refractivity (Wildman–Crippen MR) is 81.5 cm³/mol. The average Bonchev–Trinajstić information content (AvgIpc) is 2.35. The van der Waals surface area contributed by atoms with Crippen molar-refractivity contribution in [2.24, 2.45) is 5.92 Å². The van der Waals surface area contributed by atoms with E-state index in [1.165, 1.54) is 12.1 Å². The number of halogens is 1. The SMILES string of the molecule is CC(C)C(C)(O)COc1c(I)cc(C#N)cc1[N+](=O)[O-]. The maximum atomic E-state index is 11.1. The Bertz CT molecular complexity index is 564. The van der Waals surface area contributed by atoms with Gasteiger partial charge in [0.15, 0.2) is 0 Å². The topological polar surface area (TPSA) is 96.4 Å². The summed E-state index contributed by atoms with van der Waals surface area (Å²) < 4.78 is 5.91. The van der Waals surface area contributed by atoms with Crippen LogP contribution in [0.4, 0.5) is 5.69 Å². The van der Waals surface area contributed by atoms with Crippen LogP contribution in [-0.4, -0.2) is 22.2 Å². The van der Waals surface area contributed by atoms with Gasteiger partial charge in [0.2, 0.25) is 5.75 Å². The molecule has 1 aromatic rings. The summed E-state index contributed by atoms with van der Waals surface area (Å²) >= 11 is 1.88. The van der Waals surface area contributed by atoms with E-state index < -0.39 is 10.5 Å². The van der Waals surface area contributed by atoms with Crippen LogP contribution in [0.2, 0.25) is 0 Å². The smallest absolute Gasteiger partial charge is 0.313 e. The van der Waals surface area contributed by atoms with Crippen LogP contribution < -0.4 is 4.74 Å². The van der Waals surface area contributed by atoms with Gasteiger partial charge in [-0.3, -0.25) is 10.1 Å². The second-order valence-corrected chi connectivity index (χ2v) is 6.14. The minimum Gasteiger partial charge on any atom is -0.483 e. The largest absolute Gasteiger partial charge is 0.483 e. The van der Waals surface area contributed by atoms with E-state index in [1.807, 2.05) is 42.5 Å². The second-order valence-electron chi connectivity index (χ2n) is 4.98. The Morgan fingerprint density at radius 3 is 2.65 bits per heavy atom. The number of ether oxygens (including phenoxy) is 1. The lowest BCUT2D eigenvalue weighted by molar-refractivity contribution is -0.386. The number of hydrogen-bond acceptors (Lipinski definition) is 5. The number of nitro groups is 1. The van der Waals surface area contributed by atoms with Crippen molar-refractivity contribution in [1.29, 1.82) is 5.26 Å². The molecular formula is C13H15IN2O4. The van der Waals surface area contributed by atoms with E-state index in [4.69, 9.17) is 10.00 Å². The van der Waals surface area contributed by atoms with E-state index in [-0.39, 0.29) is 29.5 Å². The Hall–Kier alpha value is -1.40. The summed E-state index contributed by atoms with van der Waals surface area (Å²) in [7, 11) is 0. The molecule has 0 spiro atoms. The van der Waals surface area contributed by atoms with Gasteiger partial charge >= 0.3 is 5.69 Å². The van der Waals surface area contributed by atoms with Gasteiger partial charge in [-0.2, -0.15) is 5.26 Å². The molecule has 0 radical (unpaired) electrons. The molecule has 0 saturated carbocycles. The first-order chi connectivity index (χ1) is 9.19. The molecule has 0 aliphatic carbocycles. The van der Waals surface area contributed by atoms with Crippen molar-refractivity contribution < 1.29 is 14.8 Å². The molecule has 0 aliphatic heterocycles. The van der Waals surface area contributed by atoms with Crippen LogP contribution in [0.5, 0.6) is 5.75 Å². The van der Waals surface area contributed by atoms with Crippen LogP contribution in [0.15, 0.2) is 12.1 Å². The van der Waals surface area contributed by atoms with E-state index >= 15 is 0 Å². The van der Waals surface area contributed by atoms with Crippen molar-refractivity contribution >= 4 is 28.3 Å². The summed E-state index contributed by atoms with van der Waals surface area (Å²) in [6.45, 7) is 5.22. The molecule has 1 rings (SSSR count). The number of nitrogens with zero attached hydrogens (tertiary/aromatic N) is 2. The highest BCUT2D eigenvalue weighted by atomic mass is 127. The van der Waals surface area contributed by atoms with E-state index in [0.29, 0.717) is 3.57 Å². The number of hydrogen-bond donors (Lipinski definition) is 1. The second kappa shape index (κ2) is 6.37. The van der Waals surface area contributed by atoms with Crippen molar-refractivity contribution in [3.8, 4) is 11.8 Å². The molecule has 1 N–H and O–H groups in total. The quantitative estimate of drug-likeness (QED) is 0.474. The van der Waals surface area contributed by atoms with E-state index in [1.54, 1.807) is 6.92 Å². The fourth-order valence-electron chi connectivity index (χ4n) is 1.31. The average molecular weight is 390 g/mol. The summed E-state index contributed by atoms with van der Waals surface area (Å²) in [5.41, 5.74) is -1.16. The third kappa shape index (κ3) is 3.80. The lowest BCUT2D eigenvalue weighted by Crippen LogP contribution is -2.38. The van der Waals surface area contributed by atoms with Crippen molar-refractivity contribution in [2.75, 3.05) is 6.61 Å². The fraction of sp³-hybridized carbons (Fsp3) is 0.462. The van der Waals surface area contributed by atoms with Crippen LogP contribution >= 0.6 is 22.6 Å². The third-order valence-corrected chi connectivity index (χ3v) is 3.90. The van der Waals surface area contributed by atoms with Gasteiger partial charge in [0.05, 0.1) is 25.7 Å². The monoisotopic (exact) mass is 390 g/mol. The molecule has 0 fully saturated rings. The number of rotatable bonds is 5. The summed E-state index contributed by atoms with van der Waals surface area (Å²) in [6, 6.07) is 4.54. The van der Waals surface area contributed by atoms with Crippen molar-refractivity contribution in [1.82, 2.24) is 0 Å². The molecule has 1 unspecified atom stereocenters. The third-order valence-electron chi connectivity index (χ3n) is 3.10. The van der Waals surface area contributed by atoms with Crippen LogP contribution in [-0.2, 0) is 0 Å². The molecular weight excluding hydrogens is 375 g/mol.